The highest BCUT2D eigenvalue weighted by Gasteiger charge is 2.24. The fraction of sp³-hybridized carbons (Fsp3) is 0.438. The number of hydrogen-bond donors (Lipinski definition) is 2. The monoisotopic (exact) mass is 271 g/mol. The molecule has 1 amide bonds. The average Bonchev–Trinajstić information content (AvgIpc) is 2.96. The molecule has 0 saturated carbocycles. The van der Waals surface area contributed by atoms with Crippen molar-refractivity contribution in [1.82, 2.24) is 15.2 Å². The zero-order valence-corrected chi connectivity index (χ0v) is 11.9. The molecule has 3 rings (SSSR count). The van der Waals surface area contributed by atoms with Crippen LogP contribution in [0.5, 0.6) is 0 Å². The molecule has 1 fully saturated rings. The van der Waals surface area contributed by atoms with Crippen LogP contribution in [-0.2, 0) is 0 Å². The zero-order valence-electron chi connectivity index (χ0n) is 11.9. The number of nitrogens with one attached hydrogen (secondary N) is 2. The van der Waals surface area contributed by atoms with E-state index in [0.29, 0.717) is 6.04 Å². The van der Waals surface area contributed by atoms with Crippen molar-refractivity contribution < 1.29 is 4.79 Å². The minimum absolute atomic E-state index is 0.137. The molecule has 1 aliphatic heterocycles. The molecule has 2 N–H and O–H groups in total. The lowest BCUT2D eigenvalue weighted by Crippen LogP contribution is -2.48. The van der Waals surface area contributed by atoms with Gasteiger partial charge in [-0.3, -0.25) is 4.79 Å². The van der Waals surface area contributed by atoms with Crippen molar-refractivity contribution in [2.75, 3.05) is 19.6 Å². The van der Waals surface area contributed by atoms with Gasteiger partial charge < -0.3 is 15.2 Å². The molecular weight excluding hydrogens is 250 g/mol. The van der Waals surface area contributed by atoms with Crippen LogP contribution in [0.25, 0.3) is 10.9 Å². The Kier molecular flexibility index (Phi) is 3.74. The molecule has 1 saturated heterocycles. The van der Waals surface area contributed by atoms with Crippen LogP contribution in [0.4, 0.5) is 0 Å². The number of fused-ring (bicyclic) bond motifs is 1. The molecule has 0 aliphatic carbocycles. The lowest BCUT2D eigenvalue weighted by Gasteiger charge is -2.34. The standard InChI is InChI=1S/C16H21N3O/c1-2-19(14-4-3-8-17-11-14)16(20)13-6-5-12-7-9-18-15(12)10-13/h5-7,9-10,14,17-18H,2-4,8,11H2,1H3. The second kappa shape index (κ2) is 5.67. The Morgan fingerprint density at radius 3 is 3.05 bits per heavy atom. The Hall–Kier alpha value is -1.81. The summed E-state index contributed by atoms with van der Waals surface area (Å²) in [6, 6.07) is 8.23. The summed E-state index contributed by atoms with van der Waals surface area (Å²) < 4.78 is 0. The molecular formula is C16H21N3O. The Balaban J connectivity index is 1.84. The summed E-state index contributed by atoms with van der Waals surface area (Å²) in [6.07, 6.45) is 4.14. The molecule has 1 aromatic carbocycles. The van der Waals surface area contributed by atoms with Gasteiger partial charge >= 0.3 is 0 Å². The maximum atomic E-state index is 12.7. The van der Waals surface area contributed by atoms with Crippen molar-refractivity contribution in [3.63, 3.8) is 0 Å². The third-order valence-electron chi connectivity index (χ3n) is 4.12. The van der Waals surface area contributed by atoms with E-state index in [0.717, 1.165) is 48.9 Å². The Labute approximate surface area is 119 Å². The number of aromatic nitrogens is 1. The van der Waals surface area contributed by atoms with Crippen LogP contribution in [0.15, 0.2) is 30.5 Å². The number of rotatable bonds is 3. The van der Waals surface area contributed by atoms with Crippen molar-refractivity contribution in [2.45, 2.75) is 25.8 Å². The summed E-state index contributed by atoms with van der Waals surface area (Å²) in [6.45, 7) is 4.79. The quantitative estimate of drug-likeness (QED) is 0.900. The first-order valence-corrected chi connectivity index (χ1v) is 7.38. The van der Waals surface area contributed by atoms with E-state index < -0.39 is 0 Å². The molecule has 1 aliphatic rings. The van der Waals surface area contributed by atoms with Crippen LogP contribution in [0, 0.1) is 0 Å². The fourth-order valence-corrected chi connectivity index (χ4v) is 3.01. The molecule has 1 aromatic heterocycles. The molecule has 4 nitrogen and oxygen atoms in total. The van der Waals surface area contributed by atoms with E-state index in [1.54, 1.807) is 0 Å². The SMILES string of the molecule is CCN(C(=O)c1ccc2cc[nH]c2c1)C1CCCNC1. The van der Waals surface area contributed by atoms with Gasteiger partial charge in [-0.2, -0.15) is 0 Å². The van der Waals surface area contributed by atoms with Crippen LogP contribution in [0.2, 0.25) is 0 Å². The van der Waals surface area contributed by atoms with Gasteiger partial charge in [0.25, 0.3) is 5.91 Å². The van der Waals surface area contributed by atoms with E-state index in [2.05, 4.69) is 17.2 Å². The number of benzene rings is 1. The number of likely N-dealkylation sites (N-methyl/N-ethyl adjacent to an activating group) is 1. The lowest BCUT2D eigenvalue weighted by molar-refractivity contribution is 0.0662. The van der Waals surface area contributed by atoms with Crippen molar-refractivity contribution >= 4 is 16.8 Å². The predicted molar refractivity (Wildman–Crippen MR) is 80.9 cm³/mol. The number of carbonyl (C=O) groups is 1. The second-order valence-corrected chi connectivity index (χ2v) is 5.37. The van der Waals surface area contributed by atoms with E-state index in [1.165, 1.54) is 0 Å². The van der Waals surface area contributed by atoms with Gasteiger partial charge in [-0.25, -0.2) is 0 Å². The minimum Gasteiger partial charge on any atom is -0.361 e. The van der Waals surface area contributed by atoms with Gasteiger partial charge in [0.05, 0.1) is 0 Å². The lowest BCUT2D eigenvalue weighted by atomic mass is 10.0. The highest BCUT2D eigenvalue weighted by atomic mass is 16.2. The van der Waals surface area contributed by atoms with Gasteiger partial charge in [0.1, 0.15) is 0 Å². The van der Waals surface area contributed by atoms with Gasteiger partial charge in [-0.15, -0.1) is 0 Å². The maximum Gasteiger partial charge on any atom is 0.254 e. The number of hydrogen-bond acceptors (Lipinski definition) is 2. The molecule has 2 aromatic rings. The molecule has 0 radical (unpaired) electrons. The summed E-state index contributed by atoms with van der Waals surface area (Å²) in [5.74, 6) is 0.137. The second-order valence-electron chi connectivity index (χ2n) is 5.37. The summed E-state index contributed by atoms with van der Waals surface area (Å²) in [7, 11) is 0. The average molecular weight is 271 g/mol. The summed E-state index contributed by atoms with van der Waals surface area (Å²) >= 11 is 0. The smallest absolute Gasteiger partial charge is 0.254 e. The first kappa shape index (κ1) is 13.2. The molecule has 2 heterocycles. The highest BCUT2D eigenvalue weighted by molar-refractivity contribution is 5.98. The maximum absolute atomic E-state index is 12.7. The Morgan fingerprint density at radius 2 is 2.30 bits per heavy atom. The Morgan fingerprint density at radius 1 is 1.40 bits per heavy atom. The molecule has 4 heteroatoms. The van der Waals surface area contributed by atoms with Gasteiger partial charge in [0.2, 0.25) is 0 Å². The van der Waals surface area contributed by atoms with Gasteiger partial charge in [-0.05, 0) is 49.9 Å². The topological polar surface area (TPSA) is 48.1 Å². The number of amides is 1. The van der Waals surface area contributed by atoms with E-state index in [4.69, 9.17) is 0 Å². The summed E-state index contributed by atoms with van der Waals surface area (Å²) in [4.78, 5) is 17.9. The van der Waals surface area contributed by atoms with Crippen LogP contribution in [-0.4, -0.2) is 41.5 Å². The van der Waals surface area contributed by atoms with Crippen molar-refractivity contribution in [1.29, 1.82) is 0 Å². The highest BCUT2D eigenvalue weighted by Crippen LogP contribution is 2.18. The number of piperidine rings is 1. The van der Waals surface area contributed by atoms with Gasteiger partial charge in [0.15, 0.2) is 0 Å². The molecule has 106 valence electrons. The van der Waals surface area contributed by atoms with E-state index >= 15 is 0 Å². The number of H-pyrrole nitrogens is 1. The molecule has 1 atom stereocenters. The molecule has 20 heavy (non-hydrogen) atoms. The van der Waals surface area contributed by atoms with Crippen LogP contribution >= 0.6 is 0 Å². The molecule has 1 unspecified atom stereocenters. The third kappa shape index (κ3) is 2.43. The molecule has 0 spiro atoms. The minimum atomic E-state index is 0.137. The first-order chi connectivity index (χ1) is 9.79. The van der Waals surface area contributed by atoms with E-state index in [-0.39, 0.29) is 5.91 Å². The normalized spacial score (nSPS) is 19.1. The van der Waals surface area contributed by atoms with Crippen LogP contribution < -0.4 is 5.32 Å². The third-order valence-corrected chi connectivity index (χ3v) is 4.12. The van der Waals surface area contributed by atoms with Crippen molar-refractivity contribution in [2.24, 2.45) is 0 Å². The van der Waals surface area contributed by atoms with E-state index in [9.17, 15) is 4.79 Å². The Bertz CT molecular complexity index is 599. The number of nitrogens with zero attached hydrogens (tertiary/aromatic N) is 1. The van der Waals surface area contributed by atoms with Gasteiger partial charge in [0, 0.05) is 36.4 Å². The van der Waals surface area contributed by atoms with E-state index in [1.807, 2.05) is 35.4 Å². The first-order valence-electron chi connectivity index (χ1n) is 7.38. The fourth-order valence-electron chi connectivity index (χ4n) is 3.01. The van der Waals surface area contributed by atoms with Crippen LogP contribution in [0.1, 0.15) is 30.1 Å². The molecule has 0 bridgehead atoms. The van der Waals surface area contributed by atoms with Crippen molar-refractivity contribution in [3.05, 3.63) is 36.0 Å². The predicted octanol–water partition coefficient (Wildman–Crippen LogP) is 2.38. The number of carbonyl (C=O) groups excluding carboxylic acids is 1. The van der Waals surface area contributed by atoms with Crippen LogP contribution in [0.3, 0.4) is 0 Å². The zero-order chi connectivity index (χ0) is 13.9. The van der Waals surface area contributed by atoms with Gasteiger partial charge in [-0.1, -0.05) is 6.07 Å². The number of aromatic amines is 1. The summed E-state index contributed by atoms with van der Waals surface area (Å²) in [5, 5.41) is 4.52. The summed E-state index contributed by atoms with van der Waals surface area (Å²) in [5.41, 5.74) is 1.79. The van der Waals surface area contributed by atoms with Crippen molar-refractivity contribution in [3.8, 4) is 0 Å². The largest absolute Gasteiger partial charge is 0.361 e.